The number of hydrogen-bond acceptors (Lipinski definition) is 8. The van der Waals surface area contributed by atoms with E-state index < -0.39 is 5.54 Å². The van der Waals surface area contributed by atoms with Crippen LogP contribution in [-0.2, 0) is 0 Å². The summed E-state index contributed by atoms with van der Waals surface area (Å²) in [5, 5.41) is 26.8. The molecular formula is C25H31N7O2S. The Morgan fingerprint density at radius 3 is 2.80 bits per heavy atom. The number of hydrogen-bond donors (Lipinski definition) is 4. The SMILES string of the molecule is CC(C)(CO)NC(=O)c1cnc(-c2cnc3[nH]ccc3c2NC2C[C@@H]3CN(CCC#N)C[C@@H]3C2)s1. The molecule has 10 heteroatoms. The summed E-state index contributed by atoms with van der Waals surface area (Å²) in [6, 6.07) is 4.64. The van der Waals surface area contributed by atoms with Crippen LogP contribution in [-0.4, -0.2) is 68.7 Å². The van der Waals surface area contributed by atoms with Crippen LogP contribution >= 0.6 is 11.3 Å². The maximum Gasteiger partial charge on any atom is 0.263 e. The van der Waals surface area contributed by atoms with Crippen LogP contribution in [0.15, 0.2) is 24.7 Å². The molecular weight excluding hydrogens is 462 g/mol. The zero-order valence-electron chi connectivity index (χ0n) is 20.0. The quantitative estimate of drug-likeness (QED) is 0.379. The van der Waals surface area contributed by atoms with Gasteiger partial charge in [0.05, 0.1) is 35.7 Å². The summed E-state index contributed by atoms with van der Waals surface area (Å²) >= 11 is 1.33. The van der Waals surface area contributed by atoms with Crippen molar-refractivity contribution < 1.29 is 9.90 Å². The first kappa shape index (κ1) is 23.7. The Labute approximate surface area is 208 Å². The van der Waals surface area contributed by atoms with Gasteiger partial charge in [-0.15, -0.1) is 11.3 Å². The second-order valence-corrected chi connectivity index (χ2v) is 11.3. The number of nitrogens with one attached hydrogen (secondary N) is 3. The molecule has 1 aliphatic carbocycles. The van der Waals surface area contributed by atoms with Crippen LogP contribution in [0.4, 0.5) is 5.69 Å². The first-order chi connectivity index (χ1) is 16.9. The van der Waals surface area contributed by atoms with Gasteiger partial charge >= 0.3 is 0 Å². The van der Waals surface area contributed by atoms with E-state index in [0.717, 1.165) is 59.8 Å². The van der Waals surface area contributed by atoms with E-state index in [1.807, 2.05) is 18.5 Å². The summed E-state index contributed by atoms with van der Waals surface area (Å²) < 4.78 is 0. The average Bonchev–Trinajstić information content (AvgIpc) is 3.60. The third-order valence-electron chi connectivity index (χ3n) is 7.11. The number of aliphatic hydroxyl groups excluding tert-OH is 1. The summed E-state index contributed by atoms with van der Waals surface area (Å²) in [4.78, 5) is 27.9. The first-order valence-electron chi connectivity index (χ1n) is 12.1. The van der Waals surface area contributed by atoms with Crippen molar-refractivity contribution in [3.05, 3.63) is 29.5 Å². The largest absolute Gasteiger partial charge is 0.394 e. The van der Waals surface area contributed by atoms with Crippen LogP contribution in [0.1, 0.15) is 42.8 Å². The van der Waals surface area contributed by atoms with E-state index in [1.165, 1.54) is 11.3 Å². The highest BCUT2D eigenvalue weighted by Gasteiger charge is 2.41. The van der Waals surface area contributed by atoms with Crippen molar-refractivity contribution in [1.82, 2.24) is 25.2 Å². The molecule has 3 atom stereocenters. The molecule has 9 nitrogen and oxygen atoms in total. The molecule has 0 radical (unpaired) electrons. The predicted molar refractivity (Wildman–Crippen MR) is 136 cm³/mol. The Hall–Kier alpha value is -3.00. The topological polar surface area (TPSA) is 130 Å². The lowest BCUT2D eigenvalue weighted by Crippen LogP contribution is -2.46. The van der Waals surface area contributed by atoms with Gasteiger partial charge in [0, 0.05) is 49.9 Å². The van der Waals surface area contributed by atoms with Gasteiger partial charge in [0.2, 0.25) is 0 Å². The molecule has 0 bridgehead atoms. The lowest BCUT2D eigenvalue weighted by Gasteiger charge is -2.22. The lowest BCUT2D eigenvalue weighted by molar-refractivity contribution is 0.0873. The van der Waals surface area contributed by atoms with E-state index in [-0.39, 0.29) is 12.5 Å². The minimum atomic E-state index is -0.704. The fraction of sp³-hybridized carbons (Fsp3) is 0.520. The molecule has 1 aliphatic heterocycles. The number of thiazole rings is 1. The van der Waals surface area contributed by atoms with Gasteiger partial charge in [-0.2, -0.15) is 5.26 Å². The number of aromatic nitrogens is 3. The Morgan fingerprint density at radius 2 is 2.09 bits per heavy atom. The molecule has 35 heavy (non-hydrogen) atoms. The van der Waals surface area contributed by atoms with Gasteiger partial charge in [-0.3, -0.25) is 4.79 Å². The number of aliphatic hydroxyl groups is 1. The Kier molecular flexibility index (Phi) is 6.49. The Balaban J connectivity index is 1.36. The van der Waals surface area contributed by atoms with Gasteiger partial charge in [0.1, 0.15) is 15.5 Å². The fourth-order valence-electron chi connectivity index (χ4n) is 5.35. The number of likely N-dealkylation sites (tertiary alicyclic amines) is 1. The van der Waals surface area contributed by atoms with E-state index >= 15 is 0 Å². The normalized spacial score (nSPS) is 22.3. The van der Waals surface area contributed by atoms with Crippen LogP contribution in [0.2, 0.25) is 0 Å². The van der Waals surface area contributed by atoms with Gasteiger partial charge in [0.15, 0.2) is 0 Å². The van der Waals surface area contributed by atoms with E-state index in [2.05, 4.69) is 36.6 Å². The number of carbonyl (C=O) groups excluding carboxylic acids is 1. The number of carbonyl (C=O) groups is 1. The second-order valence-electron chi connectivity index (χ2n) is 10.3. The van der Waals surface area contributed by atoms with Crippen molar-refractivity contribution in [3.63, 3.8) is 0 Å². The van der Waals surface area contributed by atoms with E-state index in [0.29, 0.717) is 29.2 Å². The number of fused-ring (bicyclic) bond motifs is 2. The van der Waals surface area contributed by atoms with Crippen molar-refractivity contribution in [2.45, 2.75) is 44.7 Å². The number of anilines is 1. The Morgan fingerprint density at radius 1 is 1.31 bits per heavy atom. The van der Waals surface area contributed by atoms with Crippen molar-refractivity contribution >= 4 is 34.0 Å². The molecule has 3 aromatic heterocycles. The summed E-state index contributed by atoms with van der Waals surface area (Å²) in [5.41, 5.74) is 2.00. The Bertz CT molecular complexity index is 1250. The van der Waals surface area contributed by atoms with Crippen LogP contribution in [0.5, 0.6) is 0 Å². The molecule has 2 aliphatic rings. The highest BCUT2D eigenvalue weighted by atomic mass is 32.1. The minimum Gasteiger partial charge on any atom is -0.394 e. The number of H-pyrrole nitrogens is 1. The number of nitrogens with zero attached hydrogens (tertiary/aromatic N) is 4. The third-order valence-corrected chi connectivity index (χ3v) is 8.14. The molecule has 3 aromatic rings. The van der Waals surface area contributed by atoms with Crippen LogP contribution in [0, 0.1) is 23.2 Å². The molecule has 1 saturated carbocycles. The van der Waals surface area contributed by atoms with Gasteiger partial charge in [-0.1, -0.05) is 0 Å². The summed E-state index contributed by atoms with van der Waals surface area (Å²) in [7, 11) is 0. The predicted octanol–water partition coefficient (Wildman–Crippen LogP) is 3.22. The number of nitriles is 1. The molecule has 0 aromatic carbocycles. The van der Waals surface area contributed by atoms with Crippen molar-refractivity contribution in [2.75, 3.05) is 31.6 Å². The molecule has 1 unspecified atom stereocenters. The zero-order chi connectivity index (χ0) is 24.6. The lowest BCUT2D eigenvalue weighted by atomic mass is 10.0. The van der Waals surface area contributed by atoms with Gasteiger partial charge in [-0.05, 0) is 44.6 Å². The van der Waals surface area contributed by atoms with E-state index in [9.17, 15) is 9.90 Å². The van der Waals surface area contributed by atoms with Crippen molar-refractivity contribution in [3.8, 4) is 16.6 Å². The molecule has 5 rings (SSSR count). The molecule has 0 spiro atoms. The highest BCUT2D eigenvalue weighted by Crippen LogP contribution is 2.42. The van der Waals surface area contributed by atoms with Crippen LogP contribution < -0.4 is 10.6 Å². The van der Waals surface area contributed by atoms with Crippen LogP contribution in [0.3, 0.4) is 0 Å². The monoisotopic (exact) mass is 493 g/mol. The second kappa shape index (κ2) is 9.57. The molecule has 184 valence electrons. The van der Waals surface area contributed by atoms with Gasteiger partial charge < -0.3 is 25.6 Å². The smallest absolute Gasteiger partial charge is 0.263 e. The van der Waals surface area contributed by atoms with Crippen molar-refractivity contribution in [1.29, 1.82) is 5.26 Å². The van der Waals surface area contributed by atoms with Gasteiger partial charge in [0.25, 0.3) is 5.91 Å². The average molecular weight is 494 g/mol. The maximum atomic E-state index is 12.7. The highest BCUT2D eigenvalue weighted by molar-refractivity contribution is 7.17. The van der Waals surface area contributed by atoms with Crippen molar-refractivity contribution in [2.24, 2.45) is 11.8 Å². The molecule has 2 fully saturated rings. The number of aromatic amines is 1. The van der Waals surface area contributed by atoms with E-state index in [4.69, 9.17) is 5.26 Å². The summed E-state index contributed by atoms with van der Waals surface area (Å²) in [6.45, 7) is 6.42. The van der Waals surface area contributed by atoms with Gasteiger partial charge in [-0.25, -0.2) is 9.97 Å². The summed E-state index contributed by atoms with van der Waals surface area (Å²) in [6.07, 6.45) is 8.09. The molecule has 1 saturated heterocycles. The molecule has 4 heterocycles. The van der Waals surface area contributed by atoms with E-state index in [1.54, 1.807) is 20.0 Å². The number of pyridine rings is 1. The number of rotatable bonds is 8. The molecule has 4 N–H and O–H groups in total. The standard InChI is InChI=1S/C25H31N7O2S/c1-25(2,14-33)31-23(34)20-11-29-24(35-20)19-10-28-22-18(4-6-27-22)21(19)30-17-8-15-12-32(7-3-5-26)13-16(15)9-17/h4,6,10-11,15-17,33H,3,7-9,12-14H2,1-2H3,(H,31,34)(H2,27,28,30)/t15-,16+,17?. The maximum absolute atomic E-state index is 12.7. The molecule has 1 amide bonds. The summed E-state index contributed by atoms with van der Waals surface area (Å²) in [5.74, 6) is 1.06. The zero-order valence-corrected chi connectivity index (χ0v) is 20.9. The minimum absolute atomic E-state index is 0.147. The third kappa shape index (κ3) is 4.89. The van der Waals surface area contributed by atoms with Crippen LogP contribution in [0.25, 0.3) is 21.6 Å². The fourth-order valence-corrected chi connectivity index (χ4v) is 6.17. The first-order valence-corrected chi connectivity index (χ1v) is 12.9. The number of amides is 1.